The van der Waals surface area contributed by atoms with Crippen LogP contribution in [0, 0.1) is 20.8 Å². The Balaban J connectivity index is 1.35. The molecule has 0 aliphatic rings. The van der Waals surface area contributed by atoms with E-state index in [1.165, 1.54) is 21.8 Å². The first-order valence-corrected chi connectivity index (χ1v) is 11.4. The van der Waals surface area contributed by atoms with Crippen molar-refractivity contribution in [3.63, 3.8) is 0 Å². The van der Waals surface area contributed by atoms with E-state index < -0.39 is 0 Å². The zero-order valence-corrected chi connectivity index (χ0v) is 19.1. The lowest BCUT2D eigenvalue weighted by molar-refractivity contribution is -0.129. The van der Waals surface area contributed by atoms with E-state index in [1.54, 1.807) is 16.2 Å². The number of ether oxygens (including phenoxy) is 1. The third-order valence-corrected chi connectivity index (χ3v) is 6.64. The fourth-order valence-corrected chi connectivity index (χ4v) is 4.77. The molecule has 0 atom stereocenters. The van der Waals surface area contributed by atoms with E-state index in [9.17, 15) is 4.79 Å². The summed E-state index contributed by atoms with van der Waals surface area (Å²) in [5, 5.41) is 2.80. The summed E-state index contributed by atoms with van der Waals surface area (Å²) in [6, 6.07) is 7.94. The third kappa shape index (κ3) is 4.55. The average molecular weight is 441 g/mol. The normalized spacial score (nSPS) is 11.2. The van der Waals surface area contributed by atoms with E-state index in [1.807, 2.05) is 50.5 Å². The van der Waals surface area contributed by atoms with Gasteiger partial charge in [-0.2, -0.15) is 0 Å². The van der Waals surface area contributed by atoms with Gasteiger partial charge in [0.2, 0.25) is 5.91 Å². The van der Waals surface area contributed by atoms with Gasteiger partial charge in [-0.25, -0.2) is 9.97 Å². The number of carbonyl (C=O) groups is 1. The minimum atomic E-state index is 0.0348. The average Bonchev–Trinajstić information content (AvgIpc) is 3.37. The summed E-state index contributed by atoms with van der Waals surface area (Å²) in [5.74, 6) is 0.854. The molecular weight excluding hydrogens is 416 g/mol. The lowest BCUT2D eigenvalue weighted by atomic mass is 10.2. The van der Waals surface area contributed by atoms with E-state index in [2.05, 4.69) is 27.5 Å². The predicted octanol–water partition coefficient (Wildman–Crippen LogP) is 4.56. The van der Waals surface area contributed by atoms with Crippen LogP contribution in [0.4, 0.5) is 0 Å². The molecule has 156 valence electrons. The van der Waals surface area contributed by atoms with Gasteiger partial charge in [0.25, 0.3) is 0 Å². The number of imidazole rings is 1. The van der Waals surface area contributed by atoms with Crippen molar-refractivity contribution in [1.29, 1.82) is 0 Å². The number of aryl methyl sites for hydroxylation is 3. The van der Waals surface area contributed by atoms with Gasteiger partial charge < -0.3 is 9.64 Å². The van der Waals surface area contributed by atoms with E-state index >= 15 is 0 Å². The molecule has 3 aromatic heterocycles. The maximum atomic E-state index is 12.7. The maximum Gasteiger partial charge on any atom is 0.228 e. The standard InChI is InChI=1S/C22H24N4O2S2/c1-14-5-7-18(8-6-14)28-12-20-24-17(13-29-20)9-21(27)25(4)11-19-16(3)23-22-26(19)10-15(2)30-22/h5-8,10,13H,9,11-12H2,1-4H3. The van der Waals surface area contributed by atoms with Crippen LogP contribution >= 0.6 is 22.7 Å². The van der Waals surface area contributed by atoms with E-state index in [0.717, 1.165) is 32.8 Å². The summed E-state index contributed by atoms with van der Waals surface area (Å²) in [5.41, 5.74) is 3.99. The number of amides is 1. The second-order valence-electron chi connectivity index (χ2n) is 7.40. The molecule has 0 N–H and O–H groups in total. The summed E-state index contributed by atoms with van der Waals surface area (Å²) in [4.78, 5) is 25.8. The number of rotatable bonds is 7. The molecule has 4 rings (SSSR count). The molecule has 0 aliphatic carbocycles. The van der Waals surface area contributed by atoms with Crippen LogP contribution in [0.15, 0.2) is 35.8 Å². The zero-order chi connectivity index (χ0) is 21.3. The van der Waals surface area contributed by atoms with Gasteiger partial charge in [0.05, 0.1) is 30.0 Å². The highest BCUT2D eigenvalue weighted by atomic mass is 32.1. The van der Waals surface area contributed by atoms with Crippen molar-refractivity contribution in [2.75, 3.05) is 7.05 Å². The molecule has 30 heavy (non-hydrogen) atoms. The smallest absolute Gasteiger partial charge is 0.228 e. The summed E-state index contributed by atoms with van der Waals surface area (Å²) in [7, 11) is 1.83. The van der Waals surface area contributed by atoms with Gasteiger partial charge in [-0.1, -0.05) is 17.7 Å². The topological polar surface area (TPSA) is 59.7 Å². The SMILES string of the molecule is Cc1ccc(OCc2nc(CC(=O)N(C)Cc3c(C)nc4sc(C)cn34)cs2)cc1. The van der Waals surface area contributed by atoms with Crippen LogP contribution in [0.2, 0.25) is 0 Å². The molecule has 8 heteroatoms. The molecular formula is C22H24N4O2S2. The number of benzene rings is 1. The van der Waals surface area contributed by atoms with Crippen LogP contribution in [0.5, 0.6) is 5.75 Å². The van der Waals surface area contributed by atoms with E-state index in [-0.39, 0.29) is 12.3 Å². The minimum Gasteiger partial charge on any atom is -0.486 e. The fourth-order valence-electron chi connectivity index (χ4n) is 3.18. The molecule has 0 saturated heterocycles. The zero-order valence-electron chi connectivity index (χ0n) is 17.5. The highest BCUT2D eigenvalue weighted by molar-refractivity contribution is 7.17. The van der Waals surface area contributed by atoms with Crippen LogP contribution in [0.1, 0.15) is 32.5 Å². The Morgan fingerprint density at radius 2 is 1.93 bits per heavy atom. The second kappa shape index (κ2) is 8.57. The number of hydrogen-bond donors (Lipinski definition) is 0. The number of nitrogens with zero attached hydrogens (tertiary/aromatic N) is 4. The second-order valence-corrected chi connectivity index (χ2v) is 9.56. The van der Waals surface area contributed by atoms with E-state index in [0.29, 0.717) is 13.2 Å². The Morgan fingerprint density at radius 3 is 2.70 bits per heavy atom. The monoisotopic (exact) mass is 440 g/mol. The first-order valence-electron chi connectivity index (χ1n) is 9.69. The maximum absolute atomic E-state index is 12.7. The highest BCUT2D eigenvalue weighted by Crippen LogP contribution is 2.22. The Hall–Kier alpha value is -2.71. The molecule has 1 amide bonds. The minimum absolute atomic E-state index is 0.0348. The number of aromatic nitrogens is 3. The Kier molecular flexibility index (Phi) is 5.87. The van der Waals surface area contributed by atoms with Crippen molar-refractivity contribution in [3.05, 3.63) is 68.4 Å². The summed E-state index contributed by atoms with van der Waals surface area (Å²) in [6.07, 6.45) is 2.36. The van der Waals surface area contributed by atoms with Gasteiger partial charge in [0.15, 0.2) is 4.96 Å². The number of thiazole rings is 2. The Morgan fingerprint density at radius 1 is 1.17 bits per heavy atom. The van der Waals surface area contributed by atoms with Crippen molar-refractivity contribution in [2.45, 2.75) is 40.3 Å². The van der Waals surface area contributed by atoms with Gasteiger partial charge in [0, 0.05) is 23.5 Å². The lowest BCUT2D eigenvalue weighted by Crippen LogP contribution is -2.28. The van der Waals surface area contributed by atoms with Crippen LogP contribution in [0.3, 0.4) is 0 Å². The largest absolute Gasteiger partial charge is 0.486 e. The molecule has 6 nitrogen and oxygen atoms in total. The first kappa shape index (κ1) is 20.6. The first-order chi connectivity index (χ1) is 14.4. The summed E-state index contributed by atoms with van der Waals surface area (Å²) in [6.45, 7) is 7.03. The fraction of sp³-hybridized carbons (Fsp3) is 0.318. The lowest BCUT2D eigenvalue weighted by Gasteiger charge is -2.16. The third-order valence-electron chi connectivity index (χ3n) is 4.87. The quantitative estimate of drug-likeness (QED) is 0.423. The molecule has 4 aromatic rings. The van der Waals surface area contributed by atoms with Crippen molar-refractivity contribution in [1.82, 2.24) is 19.3 Å². The molecule has 0 aliphatic heterocycles. The van der Waals surface area contributed by atoms with Gasteiger partial charge >= 0.3 is 0 Å². The molecule has 0 saturated carbocycles. The van der Waals surface area contributed by atoms with Crippen molar-refractivity contribution in [2.24, 2.45) is 0 Å². The van der Waals surface area contributed by atoms with Crippen LogP contribution in [-0.4, -0.2) is 32.2 Å². The van der Waals surface area contributed by atoms with Crippen molar-refractivity contribution in [3.8, 4) is 5.75 Å². The number of fused-ring (bicyclic) bond motifs is 1. The molecule has 0 bridgehead atoms. The predicted molar refractivity (Wildman–Crippen MR) is 120 cm³/mol. The molecule has 0 radical (unpaired) electrons. The van der Waals surface area contributed by atoms with Gasteiger partial charge in [-0.15, -0.1) is 22.7 Å². The van der Waals surface area contributed by atoms with E-state index in [4.69, 9.17) is 4.74 Å². The highest BCUT2D eigenvalue weighted by Gasteiger charge is 2.17. The molecule has 0 spiro atoms. The number of hydrogen-bond acceptors (Lipinski definition) is 6. The van der Waals surface area contributed by atoms with Crippen molar-refractivity contribution >= 4 is 33.5 Å². The Bertz CT molecular complexity index is 1170. The Labute approximate surface area is 183 Å². The van der Waals surface area contributed by atoms with Gasteiger partial charge in [-0.05, 0) is 32.9 Å². The van der Waals surface area contributed by atoms with Gasteiger partial charge in [-0.3, -0.25) is 9.20 Å². The molecule has 0 fully saturated rings. The van der Waals surface area contributed by atoms with Crippen molar-refractivity contribution < 1.29 is 9.53 Å². The molecule has 3 heterocycles. The molecule has 0 unspecified atom stereocenters. The summed E-state index contributed by atoms with van der Waals surface area (Å²) < 4.78 is 7.87. The van der Waals surface area contributed by atoms with Crippen LogP contribution < -0.4 is 4.74 Å². The number of carbonyl (C=O) groups excluding carboxylic acids is 1. The number of likely N-dealkylation sites (N-methyl/N-ethyl adjacent to an activating group) is 1. The van der Waals surface area contributed by atoms with Gasteiger partial charge in [0.1, 0.15) is 17.4 Å². The van der Waals surface area contributed by atoms with Crippen LogP contribution in [0.25, 0.3) is 4.96 Å². The van der Waals surface area contributed by atoms with Crippen LogP contribution in [-0.2, 0) is 24.4 Å². The summed E-state index contributed by atoms with van der Waals surface area (Å²) >= 11 is 3.18. The molecule has 1 aromatic carbocycles.